The number of benzene rings is 1. The predicted molar refractivity (Wildman–Crippen MR) is 88.3 cm³/mol. The van der Waals surface area contributed by atoms with Crippen molar-refractivity contribution in [3.63, 3.8) is 0 Å². The third-order valence-electron chi connectivity index (χ3n) is 3.70. The second-order valence-corrected chi connectivity index (χ2v) is 7.73. The van der Waals surface area contributed by atoms with E-state index in [9.17, 15) is 13.2 Å². The number of anilines is 1. The van der Waals surface area contributed by atoms with E-state index in [1.54, 1.807) is 19.1 Å². The van der Waals surface area contributed by atoms with Crippen LogP contribution in [0.2, 0.25) is 0 Å². The van der Waals surface area contributed by atoms with Crippen LogP contribution in [-0.4, -0.2) is 45.5 Å². The topological polar surface area (TPSA) is 87.7 Å². The Morgan fingerprint density at radius 2 is 2.04 bits per heavy atom. The summed E-state index contributed by atoms with van der Waals surface area (Å²) in [6, 6.07) is 4.48. The number of urea groups is 1. The van der Waals surface area contributed by atoms with Crippen molar-refractivity contribution < 1.29 is 17.9 Å². The van der Waals surface area contributed by atoms with E-state index in [1.165, 1.54) is 20.2 Å². The molecule has 23 heavy (non-hydrogen) atoms. The average Bonchev–Trinajstić information content (AvgIpc) is 2.44. The molecular weight excluding hydrogens is 318 g/mol. The molecule has 7 nitrogen and oxygen atoms in total. The number of ether oxygens (including phenoxy) is 1. The fourth-order valence-corrected chi connectivity index (χ4v) is 3.21. The van der Waals surface area contributed by atoms with Crippen LogP contribution in [0.15, 0.2) is 23.1 Å². The Balaban J connectivity index is 2.23. The highest BCUT2D eigenvalue weighted by Crippen LogP contribution is 2.29. The number of sulfonamides is 1. The van der Waals surface area contributed by atoms with Crippen molar-refractivity contribution in [1.82, 2.24) is 9.62 Å². The number of rotatable bonds is 6. The van der Waals surface area contributed by atoms with Crippen molar-refractivity contribution >= 4 is 21.7 Å². The zero-order valence-corrected chi connectivity index (χ0v) is 14.4. The number of carbonyl (C=O) groups excluding carboxylic acids is 1. The largest absolute Gasteiger partial charge is 0.492 e. The summed E-state index contributed by atoms with van der Waals surface area (Å²) in [6.07, 6.45) is 3.09. The van der Waals surface area contributed by atoms with Gasteiger partial charge in [0.2, 0.25) is 10.0 Å². The molecule has 0 aliphatic heterocycles. The molecule has 1 aliphatic rings. The van der Waals surface area contributed by atoms with Gasteiger partial charge in [0.1, 0.15) is 10.6 Å². The van der Waals surface area contributed by atoms with E-state index in [0.717, 1.165) is 23.6 Å². The van der Waals surface area contributed by atoms with Gasteiger partial charge >= 0.3 is 6.03 Å². The summed E-state index contributed by atoms with van der Waals surface area (Å²) in [7, 11) is -0.762. The van der Waals surface area contributed by atoms with Gasteiger partial charge in [0, 0.05) is 25.8 Å². The maximum atomic E-state index is 12.4. The molecule has 1 fully saturated rings. The standard InChI is InChI=1S/C15H23N3O4S/c1-4-22-13-9-8-12(10-14(13)23(20,21)18(2)3)17-15(19)16-11-6-5-7-11/h8-11H,4-7H2,1-3H3,(H2,16,17,19). The van der Waals surface area contributed by atoms with Crippen LogP contribution in [0.4, 0.5) is 10.5 Å². The van der Waals surface area contributed by atoms with E-state index >= 15 is 0 Å². The monoisotopic (exact) mass is 341 g/mol. The molecule has 2 N–H and O–H groups in total. The average molecular weight is 341 g/mol. The molecule has 1 aliphatic carbocycles. The predicted octanol–water partition coefficient (Wildman–Crippen LogP) is 2.01. The molecule has 0 heterocycles. The Morgan fingerprint density at radius 3 is 2.57 bits per heavy atom. The lowest BCUT2D eigenvalue weighted by Crippen LogP contribution is -2.41. The maximum Gasteiger partial charge on any atom is 0.319 e. The molecule has 0 saturated heterocycles. The zero-order chi connectivity index (χ0) is 17.0. The number of nitrogens with one attached hydrogen (secondary N) is 2. The highest BCUT2D eigenvalue weighted by Gasteiger charge is 2.24. The Kier molecular flexibility index (Phi) is 5.48. The van der Waals surface area contributed by atoms with Crippen molar-refractivity contribution in [3.05, 3.63) is 18.2 Å². The molecule has 2 amide bonds. The zero-order valence-electron chi connectivity index (χ0n) is 13.6. The van der Waals surface area contributed by atoms with Gasteiger partial charge in [-0.2, -0.15) is 0 Å². The van der Waals surface area contributed by atoms with Gasteiger partial charge in [0.05, 0.1) is 6.61 Å². The van der Waals surface area contributed by atoms with Gasteiger partial charge in [0.25, 0.3) is 0 Å². The summed E-state index contributed by atoms with van der Waals surface area (Å²) >= 11 is 0. The van der Waals surface area contributed by atoms with Crippen molar-refractivity contribution in [2.24, 2.45) is 0 Å². The van der Waals surface area contributed by atoms with Crippen LogP contribution in [0.5, 0.6) is 5.75 Å². The lowest BCUT2D eigenvalue weighted by molar-refractivity contribution is 0.240. The minimum Gasteiger partial charge on any atom is -0.492 e. The first-order valence-corrected chi connectivity index (χ1v) is 9.05. The summed E-state index contributed by atoms with van der Waals surface area (Å²) in [5, 5.41) is 5.52. The molecule has 1 saturated carbocycles. The summed E-state index contributed by atoms with van der Waals surface area (Å²) in [4.78, 5) is 11.9. The Bertz CT molecular complexity index is 669. The van der Waals surface area contributed by atoms with Crippen LogP contribution in [0.25, 0.3) is 0 Å². The van der Waals surface area contributed by atoms with Crippen LogP contribution in [0, 0.1) is 0 Å². The minimum atomic E-state index is -3.67. The van der Waals surface area contributed by atoms with Gasteiger partial charge in [-0.25, -0.2) is 17.5 Å². The number of carbonyl (C=O) groups is 1. The molecule has 0 spiro atoms. The third-order valence-corrected chi connectivity index (χ3v) is 5.54. The van der Waals surface area contributed by atoms with Crippen LogP contribution in [0.1, 0.15) is 26.2 Å². The highest BCUT2D eigenvalue weighted by molar-refractivity contribution is 7.89. The molecule has 0 atom stereocenters. The molecule has 0 unspecified atom stereocenters. The van der Waals surface area contributed by atoms with Crippen molar-refractivity contribution in [3.8, 4) is 5.75 Å². The number of nitrogens with zero attached hydrogens (tertiary/aromatic N) is 1. The Morgan fingerprint density at radius 1 is 1.35 bits per heavy atom. The fraction of sp³-hybridized carbons (Fsp3) is 0.533. The van der Waals surface area contributed by atoms with Gasteiger partial charge < -0.3 is 15.4 Å². The first-order valence-electron chi connectivity index (χ1n) is 7.61. The number of amides is 2. The van der Waals surface area contributed by atoms with Gasteiger partial charge in [-0.1, -0.05) is 0 Å². The lowest BCUT2D eigenvalue weighted by Gasteiger charge is -2.26. The lowest BCUT2D eigenvalue weighted by atomic mass is 9.93. The van der Waals surface area contributed by atoms with Crippen LogP contribution in [-0.2, 0) is 10.0 Å². The Hall–Kier alpha value is -1.80. The minimum absolute atomic E-state index is 0.0331. The van der Waals surface area contributed by atoms with Crippen molar-refractivity contribution in [2.75, 3.05) is 26.0 Å². The fourth-order valence-electron chi connectivity index (χ4n) is 2.16. The van der Waals surface area contributed by atoms with Crippen molar-refractivity contribution in [2.45, 2.75) is 37.1 Å². The highest BCUT2D eigenvalue weighted by atomic mass is 32.2. The van der Waals surface area contributed by atoms with E-state index in [-0.39, 0.29) is 22.7 Å². The molecule has 1 aromatic rings. The van der Waals surface area contributed by atoms with Gasteiger partial charge in [-0.05, 0) is 44.4 Å². The molecule has 0 aromatic heterocycles. The quantitative estimate of drug-likeness (QED) is 0.828. The molecule has 0 bridgehead atoms. The van der Waals surface area contributed by atoms with E-state index < -0.39 is 10.0 Å². The molecule has 0 radical (unpaired) electrons. The van der Waals surface area contributed by atoms with Gasteiger partial charge in [0.15, 0.2) is 0 Å². The Labute approximate surface area is 137 Å². The second kappa shape index (κ2) is 7.18. The normalized spacial score (nSPS) is 15.1. The number of hydrogen-bond acceptors (Lipinski definition) is 4. The molecule has 8 heteroatoms. The summed E-state index contributed by atoms with van der Waals surface area (Å²) in [5.41, 5.74) is 0.408. The van der Waals surface area contributed by atoms with E-state index in [4.69, 9.17) is 4.74 Å². The SMILES string of the molecule is CCOc1ccc(NC(=O)NC2CCC2)cc1S(=O)(=O)N(C)C. The van der Waals surface area contributed by atoms with Crippen LogP contribution in [0.3, 0.4) is 0 Å². The number of hydrogen-bond donors (Lipinski definition) is 2. The van der Waals surface area contributed by atoms with Crippen LogP contribution >= 0.6 is 0 Å². The summed E-state index contributed by atoms with van der Waals surface area (Å²) in [6.45, 7) is 2.13. The van der Waals surface area contributed by atoms with E-state index in [1.807, 2.05) is 0 Å². The van der Waals surface area contributed by atoms with E-state index in [0.29, 0.717) is 12.3 Å². The maximum absolute atomic E-state index is 12.4. The smallest absolute Gasteiger partial charge is 0.319 e. The molecular formula is C15H23N3O4S. The van der Waals surface area contributed by atoms with Crippen molar-refractivity contribution in [1.29, 1.82) is 0 Å². The first kappa shape index (κ1) is 17.6. The molecule has 1 aromatic carbocycles. The summed E-state index contributed by atoms with van der Waals surface area (Å²) < 4.78 is 31.3. The van der Waals surface area contributed by atoms with Gasteiger partial charge in [-0.3, -0.25) is 0 Å². The first-order chi connectivity index (χ1) is 10.8. The van der Waals surface area contributed by atoms with E-state index in [2.05, 4.69) is 10.6 Å². The second-order valence-electron chi connectivity index (χ2n) is 5.61. The third kappa shape index (κ3) is 4.14. The van der Waals surface area contributed by atoms with Crippen LogP contribution < -0.4 is 15.4 Å². The molecule has 128 valence electrons. The molecule has 2 rings (SSSR count). The summed E-state index contributed by atoms with van der Waals surface area (Å²) in [5.74, 6) is 0.270. The van der Waals surface area contributed by atoms with Gasteiger partial charge in [-0.15, -0.1) is 0 Å².